The van der Waals surface area contributed by atoms with Gasteiger partial charge in [0.2, 0.25) is 10.0 Å². The van der Waals surface area contributed by atoms with Gasteiger partial charge in [0.15, 0.2) is 0 Å². The number of halogens is 1. The van der Waals surface area contributed by atoms with Crippen LogP contribution in [0.25, 0.3) is 0 Å². The third-order valence-corrected chi connectivity index (χ3v) is 4.39. The van der Waals surface area contributed by atoms with Crippen molar-refractivity contribution in [1.29, 1.82) is 0 Å². The highest BCUT2D eigenvalue weighted by molar-refractivity contribution is 7.89. The molecule has 0 spiro atoms. The van der Waals surface area contributed by atoms with Gasteiger partial charge in [0.1, 0.15) is 0 Å². The van der Waals surface area contributed by atoms with Crippen LogP contribution < -0.4 is 10.0 Å². The van der Waals surface area contributed by atoms with Crippen LogP contribution >= 0.6 is 23.7 Å². The van der Waals surface area contributed by atoms with Crippen molar-refractivity contribution in [3.63, 3.8) is 0 Å². The lowest BCUT2D eigenvalue weighted by atomic mass is 10.4. The largest absolute Gasteiger partial charge is 0.316 e. The minimum Gasteiger partial charge on any atom is -0.316 e. The van der Waals surface area contributed by atoms with Crippen LogP contribution in [0.3, 0.4) is 0 Å². The fourth-order valence-electron chi connectivity index (χ4n) is 1.23. The van der Waals surface area contributed by atoms with Crippen molar-refractivity contribution < 1.29 is 8.42 Å². The van der Waals surface area contributed by atoms with Crippen LogP contribution in [0.1, 0.15) is 11.8 Å². The summed E-state index contributed by atoms with van der Waals surface area (Å²) in [4.78, 5) is 1.11. The predicted molar refractivity (Wildman–Crippen MR) is 75.6 cm³/mol. The van der Waals surface area contributed by atoms with Crippen molar-refractivity contribution in [3.05, 3.63) is 22.4 Å². The van der Waals surface area contributed by atoms with E-state index >= 15 is 0 Å². The molecule has 17 heavy (non-hydrogen) atoms. The van der Waals surface area contributed by atoms with Crippen LogP contribution in [-0.4, -0.2) is 33.8 Å². The molecule has 100 valence electrons. The normalized spacial score (nSPS) is 11.1. The van der Waals surface area contributed by atoms with E-state index in [9.17, 15) is 8.42 Å². The molecule has 7 heteroatoms. The molecule has 0 aliphatic heterocycles. The maximum Gasteiger partial charge on any atom is 0.211 e. The highest BCUT2D eigenvalue weighted by Gasteiger charge is 2.09. The standard InChI is InChI=1S/C10H18N2O2S2.ClH/c1-2-11-6-7-12-16(13,14)9-5-10-4-3-8-15-10;/h3-4,8,11-12H,2,5-7,9H2,1H3;1H. The maximum absolute atomic E-state index is 11.6. The van der Waals surface area contributed by atoms with Gasteiger partial charge in [-0.05, 0) is 24.4 Å². The quantitative estimate of drug-likeness (QED) is 0.710. The van der Waals surface area contributed by atoms with E-state index in [-0.39, 0.29) is 18.2 Å². The molecule has 0 atom stereocenters. The van der Waals surface area contributed by atoms with Gasteiger partial charge < -0.3 is 5.32 Å². The van der Waals surface area contributed by atoms with Crippen molar-refractivity contribution in [3.8, 4) is 0 Å². The Labute approximate surface area is 113 Å². The molecule has 0 unspecified atom stereocenters. The zero-order valence-corrected chi connectivity index (χ0v) is 12.3. The lowest BCUT2D eigenvalue weighted by molar-refractivity contribution is 0.577. The molecule has 0 aliphatic rings. The summed E-state index contributed by atoms with van der Waals surface area (Å²) < 4.78 is 25.7. The molecule has 0 saturated heterocycles. The maximum atomic E-state index is 11.6. The van der Waals surface area contributed by atoms with E-state index in [1.54, 1.807) is 11.3 Å². The van der Waals surface area contributed by atoms with E-state index in [4.69, 9.17) is 0 Å². The first-order chi connectivity index (χ1) is 7.64. The minimum absolute atomic E-state index is 0. The first-order valence-electron chi connectivity index (χ1n) is 5.34. The molecule has 0 bridgehead atoms. The molecule has 4 nitrogen and oxygen atoms in total. The van der Waals surface area contributed by atoms with Crippen LogP contribution in [-0.2, 0) is 16.4 Å². The van der Waals surface area contributed by atoms with Gasteiger partial charge in [-0.1, -0.05) is 13.0 Å². The Morgan fingerprint density at radius 2 is 2.12 bits per heavy atom. The zero-order valence-electron chi connectivity index (χ0n) is 9.81. The summed E-state index contributed by atoms with van der Waals surface area (Å²) in [6.07, 6.45) is 0.591. The first kappa shape index (κ1) is 16.9. The van der Waals surface area contributed by atoms with Gasteiger partial charge in [0.05, 0.1) is 5.75 Å². The number of hydrogen-bond acceptors (Lipinski definition) is 4. The van der Waals surface area contributed by atoms with Crippen LogP contribution in [0.15, 0.2) is 17.5 Å². The van der Waals surface area contributed by atoms with Gasteiger partial charge in [0, 0.05) is 18.0 Å². The van der Waals surface area contributed by atoms with E-state index in [1.165, 1.54) is 0 Å². The van der Waals surface area contributed by atoms with Gasteiger partial charge in [-0.15, -0.1) is 23.7 Å². The summed E-state index contributed by atoms with van der Waals surface area (Å²) in [7, 11) is -3.12. The van der Waals surface area contributed by atoms with Gasteiger partial charge in [-0.2, -0.15) is 0 Å². The Morgan fingerprint density at radius 3 is 2.71 bits per heavy atom. The van der Waals surface area contributed by atoms with Gasteiger partial charge in [-0.3, -0.25) is 0 Å². The van der Waals surface area contributed by atoms with Crippen LogP contribution in [0.5, 0.6) is 0 Å². The molecule has 0 radical (unpaired) electrons. The number of sulfonamides is 1. The van der Waals surface area contributed by atoms with E-state index in [0.29, 0.717) is 19.5 Å². The SMILES string of the molecule is CCNCCNS(=O)(=O)CCc1cccs1.Cl. The summed E-state index contributed by atoms with van der Waals surface area (Å²) in [5.74, 6) is 0.166. The topological polar surface area (TPSA) is 58.2 Å². The lowest BCUT2D eigenvalue weighted by Crippen LogP contribution is -2.33. The zero-order chi connectivity index (χ0) is 11.9. The number of hydrogen-bond donors (Lipinski definition) is 2. The Balaban J connectivity index is 0.00000256. The fourth-order valence-corrected chi connectivity index (χ4v) is 3.12. The minimum atomic E-state index is -3.12. The Kier molecular flexibility index (Phi) is 8.81. The summed E-state index contributed by atoms with van der Waals surface area (Å²) >= 11 is 1.59. The van der Waals surface area contributed by atoms with Crippen molar-refractivity contribution in [2.24, 2.45) is 0 Å². The first-order valence-corrected chi connectivity index (χ1v) is 7.87. The van der Waals surface area contributed by atoms with Crippen LogP contribution in [0, 0.1) is 0 Å². The molecule has 1 aromatic rings. The van der Waals surface area contributed by atoms with Crippen LogP contribution in [0.2, 0.25) is 0 Å². The van der Waals surface area contributed by atoms with E-state index < -0.39 is 10.0 Å². The van der Waals surface area contributed by atoms with Crippen molar-refractivity contribution in [2.75, 3.05) is 25.4 Å². The molecule has 1 heterocycles. The Bertz CT molecular complexity index is 379. The van der Waals surface area contributed by atoms with Gasteiger partial charge in [-0.25, -0.2) is 13.1 Å². The molecule has 0 aromatic carbocycles. The number of thiophene rings is 1. The molecule has 0 saturated carbocycles. The molecule has 0 fully saturated rings. The van der Waals surface area contributed by atoms with Crippen LogP contribution in [0.4, 0.5) is 0 Å². The summed E-state index contributed by atoms with van der Waals surface area (Å²) in [6.45, 7) is 3.98. The number of rotatable bonds is 8. The fraction of sp³-hybridized carbons (Fsp3) is 0.600. The molecular formula is C10H19ClN2O2S2. The smallest absolute Gasteiger partial charge is 0.211 e. The van der Waals surface area contributed by atoms with E-state index in [2.05, 4.69) is 10.0 Å². The summed E-state index contributed by atoms with van der Waals surface area (Å²) in [5.41, 5.74) is 0. The average Bonchev–Trinajstić information content (AvgIpc) is 2.75. The summed E-state index contributed by atoms with van der Waals surface area (Å²) in [5, 5.41) is 5.02. The third kappa shape index (κ3) is 7.72. The molecule has 1 rings (SSSR count). The highest BCUT2D eigenvalue weighted by Crippen LogP contribution is 2.09. The second-order valence-corrected chi connectivity index (χ2v) is 6.35. The molecular weight excluding hydrogens is 280 g/mol. The van der Waals surface area contributed by atoms with E-state index in [0.717, 1.165) is 11.4 Å². The predicted octanol–water partition coefficient (Wildman–Crippen LogP) is 1.24. The lowest BCUT2D eigenvalue weighted by Gasteiger charge is -2.06. The second kappa shape index (κ2) is 8.88. The average molecular weight is 299 g/mol. The molecule has 0 amide bonds. The van der Waals surface area contributed by atoms with Crippen molar-refractivity contribution >= 4 is 33.8 Å². The van der Waals surface area contributed by atoms with Gasteiger partial charge >= 0.3 is 0 Å². The second-order valence-electron chi connectivity index (χ2n) is 3.40. The van der Waals surface area contributed by atoms with Crippen molar-refractivity contribution in [1.82, 2.24) is 10.0 Å². The van der Waals surface area contributed by atoms with Crippen molar-refractivity contribution in [2.45, 2.75) is 13.3 Å². The third-order valence-electron chi connectivity index (χ3n) is 2.07. The molecule has 2 N–H and O–H groups in total. The van der Waals surface area contributed by atoms with E-state index in [1.807, 2.05) is 24.4 Å². The van der Waals surface area contributed by atoms with Gasteiger partial charge in [0.25, 0.3) is 0 Å². The Morgan fingerprint density at radius 1 is 1.35 bits per heavy atom. The number of nitrogens with one attached hydrogen (secondary N) is 2. The molecule has 1 aromatic heterocycles. The molecule has 0 aliphatic carbocycles. The monoisotopic (exact) mass is 298 g/mol. The summed E-state index contributed by atoms with van der Waals surface area (Å²) in [6, 6.07) is 3.89. The highest BCUT2D eigenvalue weighted by atomic mass is 35.5. The number of aryl methyl sites for hydroxylation is 1. The Hall–Kier alpha value is -0.140. The number of likely N-dealkylation sites (N-methyl/N-ethyl adjacent to an activating group) is 1.